The molecule has 4 fully saturated rings. The number of benzene rings is 2. The van der Waals surface area contributed by atoms with Crippen LogP contribution < -0.4 is 16.2 Å². The number of nitrogens with one attached hydrogen (secondary N) is 3. The van der Waals surface area contributed by atoms with Crippen molar-refractivity contribution in [1.82, 2.24) is 45.2 Å². The minimum Gasteiger partial charge on any atom is -0.338 e. The summed E-state index contributed by atoms with van der Waals surface area (Å²) in [6, 6.07) is 13.6. The van der Waals surface area contributed by atoms with Gasteiger partial charge in [0.25, 0.3) is 17.7 Å². The second-order valence-electron chi connectivity index (χ2n) is 17.8. The second-order valence-corrected chi connectivity index (χ2v) is 18.1. The Morgan fingerprint density at radius 2 is 1.55 bits per heavy atom. The summed E-state index contributed by atoms with van der Waals surface area (Å²) in [6.45, 7) is 12.3. The van der Waals surface area contributed by atoms with Crippen molar-refractivity contribution >= 4 is 46.8 Å². The lowest BCUT2D eigenvalue weighted by molar-refractivity contribution is -0.134. The smallest absolute Gasteiger partial charge is 0.274 e. The van der Waals surface area contributed by atoms with Gasteiger partial charge in [0.2, 0.25) is 11.8 Å². The van der Waals surface area contributed by atoms with Gasteiger partial charge >= 0.3 is 0 Å². The van der Waals surface area contributed by atoms with E-state index in [2.05, 4.69) is 42.8 Å². The van der Waals surface area contributed by atoms with Crippen LogP contribution in [0.4, 0.5) is 10.1 Å². The summed E-state index contributed by atoms with van der Waals surface area (Å²) in [7, 11) is 0. The quantitative estimate of drug-likeness (QED) is 0.230. The van der Waals surface area contributed by atoms with Gasteiger partial charge in [0.05, 0.1) is 23.8 Å². The van der Waals surface area contributed by atoms with E-state index in [1.54, 1.807) is 28.0 Å². The van der Waals surface area contributed by atoms with Crippen molar-refractivity contribution in [3.8, 4) is 0 Å². The molecule has 5 aliphatic heterocycles. The molecule has 15 nitrogen and oxygen atoms in total. The lowest BCUT2D eigenvalue weighted by Gasteiger charge is -2.40. The third kappa shape index (κ3) is 10.7. The van der Waals surface area contributed by atoms with E-state index in [0.29, 0.717) is 75.3 Å². The normalized spacial score (nSPS) is 21.6. The molecule has 2 aromatic carbocycles. The van der Waals surface area contributed by atoms with Gasteiger partial charge in [0, 0.05) is 90.3 Å². The van der Waals surface area contributed by atoms with Crippen LogP contribution in [0.3, 0.4) is 0 Å². The first-order valence-corrected chi connectivity index (χ1v) is 23.4. The molecule has 0 aliphatic carbocycles. The Labute approximate surface area is 379 Å². The zero-order valence-corrected chi connectivity index (χ0v) is 37.5. The number of rotatable bonds is 12. The Hall–Kier alpha value is -5.00. The Balaban J connectivity index is 0.760. The van der Waals surface area contributed by atoms with Crippen LogP contribution in [-0.4, -0.2) is 168 Å². The van der Waals surface area contributed by atoms with Crippen LogP contribution in [0.25, 0.3) is 0 Å². The molecule has 64 heavy (non-hydrogen) atoms. The van der Waals surface area contributed by atoms with Gasteiger partial charge in [0.15, 0.2) is 5.69 Å². The van der Waals surface area contributed by atoms with E-state index in [0.717, 1.165) is 94.7 Å². The molecule has 0 saturated carbocycles. The topological polar surface area (TPSA) is 154 Å². The van der Waals surface area contributed by atoms with Gasteiger partial charge in [-0.15, -0.1) is 11.6 Å². The van der Waals surface area contributed by atoms with E-state index in [4.69, 9.17) is 11.6 Å². The van der Waals surface area contributed by atoms with E-state index >= 15 is 4.39 Å². The number of piperidine rings is 2. The number of hydrogen-bond acceptors (Lipinski definition) is 10. The zero-order valence-electron chi connectivity index (χ0n) is 36.7. The number of aromatic nitrogens is 1. The monoisotopic (exact) mass is 898 g/mol. The first-order valence-electron chi connectivity index (χ1n) is 22.9. The van der Waals surface area contributed by atoms with E-state index < -0.39 is 11.7 Å². The lowest BCUT2D eigenvalue weighted by Crippen LogP contribution is -2.55. The summed E-state index contributed by atoms with van der Waals surface area (Å²) in [6.07, 6.45) is 6.15. The molecule has 342 valence electrons. The standard InChI is InChI=1S/C47H60ClFN10O5/c1-2-54-13-5-6-34(30-54)35-26-41(51-42(60)27-48)44(50-28-35)47(64)58-14-11-32(12-15-58)29-55-16-18-56(19-17-55)31-43(61)57-20-22-59(23-21-57)46(63)38-24-33(9-10-39(38)49)25-40-36-7-3-4-8-37(36)45(62)53-52-40/h3-4,7-10,24,26,28,32,34,40,52H,2,5-6,11-23,25,27,29-31H2,1H3,(H,51,60)(H,53,62). The molecule has 1 aromatic heterocycles. The summed E-state index contributed by atoms with van der Waals surface area (Å²) in [5, 5.41) is 2.85. The summed E-state index contributed by atoms with van der Waals surface area (Å²) < 4.78 is 15.1. The number of pyridine rings is 1. The molecule has 6 heterocycles. The molecule has 17 heteroatoms. The third-order valence-corrected chi connectivity index (χ3v) is 14.0. The van der Waals surface area contributed by atoms with Gasteiger partial charge in [-0.3, -0.25) is 34.3 Å². The second kappa shape index (κ2) is 20.9. The number of likely N-dealkylation sites (tertiary alicyclic amines) is 2. The fraction of sp³-hybridized carbons (Fsp3) is 0.532. The molecule has 0 bridgehead atoms. The molecular weight excluding hydrogens is 839 g/mol. The fourth-order valence-electron chi connectivity index (χ4n) is 9.92. The van der Waals surface area contributed by atoms with Gasteiger partial charge in [-0.2, -0.15) is 0 Å². The predicted molar refractivity (Wildman–Crippen MR) is 242 cm³/mol. The molecule has 5 amide bonds. The van der Waals surface area contributed by atoms with Crippen molar-refractivity contribution in [3.05, 3.63) is 94.1 Å². The molecule has 8 rings (SSSR count). The molecule has 4 saturated heterocycles. The number of likely N-dealkylation sites (N-methyl/N-ethyl adjacent to an activating group) is 1. The van der Waals surface area contributed by atoms with Crippen LogP contribution >= 0.6 is 11.6 Å². The Morgan fingerprint density at radius 3 is 2.30 bits per heavy atom. The van der Waals surface area contributed by atoms with Crippen LogP contribution in [-0.2, 0) is 16.0 Å². The van der Waals surface area contributed by atoms with Crippen LogP contribution in [0, 0.1) is 11.7 Å². The van der Waals surface area contributed by atoms with E-state index in [9.17, 15) is 24.0 Å². The van der Waals surface area contributed by atoms with Crippen molar-refractivity contribution < 1.29 is 28.4 Å². The number of anilines is 1. The molecule has 2 atom stereocenters. The van der Waals surface area contributed by atoms with Crippen LogP contribution in [0.5, 0.6) is 0 Å². The summed E-state index contributed by atoms with van der Waals surface area (Å²) >= 11 is 5.85. The number of alkyl halides is 1. The predicted octanol–water partition coefficient (Wildman–Crippen LogP) is 3.58. The molecule has 2 unspecified atom stereocenters. The summed E-state index contributed by atoms with van der Waals surface area (Å²) in [4.78, 5) is 82.4. The van der Waals surface area contributed by atoms with Gasteiger partial charge in [-0.25, -0.2) is 14.8 Å². The highest BCUT2D eigenvalue weighted by molar-refractivity contribution is 6.29. The number of halogens is 2. The molecular formula is C47H60ClFN10O5. The van der Waals surface area contributed by atoms with Gasteiger partial charge in [-0.1, -0.05) is 31.2 Å². The minimum atomic E-state index is -0.588. The number of fused-ring (bicyclic) bond motifs is 1. The summed E-state index contributed by atoms with van der Waals surface area (Å²) in [5.74, 6) is -1.16. The SMILES string of the molecule is CCN1CCCC(c2cnc(C(=O)N3CCC(CN4CCN(CC(=O)N5CCN(C(=O)c6cc(CC7NNC(=O)c8ccccc87)ccc6F)CC5)CC4)CC3)c(NC(=O)CCl)c2)C1. The Bertz CT molecular complexity index is 2190. The fourth-order valence-corrected chi connectivity index (χ4v) is 9.98. The minimum absolute atomic E-state index is 0.00216. The number of hydrogen-bond donors (Lipinski definition) is 3. The largest absolute Gasteiger partial charge is 0.338 e. The highest BCUT2D eigenvalue weighted by atomic mass is 35.5. The number of carbonyl (C=O) groups excluding carboxylic acids is 5. The van der Waals surface area contributed by atoms with Crippen molar-refractivity contribution in [2.45, 2.75) is 51.0 Å². The Morgan fingerprint density at radius 1 is 0.828 bits per heavy atom. The number of nitrogens with zero attached hydrogens (tertiary/aromatic N) is 7. The lowest BCUT2D eigenvalue weighted by atomic mass is 9.91. The first kappa shape index (κ1) is 45.6. The maximum Gasteiger partial charge on any atom is 0.274 e. The summed E-state index contributed by atoms with van der Waals surface area (Å²) in [5.41, 5.74) is 9.64. The molecule has 0 spiro atoms. The van der Waals surface area contributed by atoms with Crippen LogP contribution in [0.15, 0.2) is 54.7 Å². The van der Waals surface area contributed by atoms with Crippen molar-refractivity contribution in [2.24, 2.45) is 5.92 Å². The zero-order chi connectivity index (χ0) is 44.7. The maximum absolute atomic E-state index is 15.1. The van der Waals surface area contributed by atoms with E-state index in [1.807, 2.05) is 35.4 Å². The van der Waals surface area contributed by atoms with Crippen molar-refractivity contribution in [1.29, 1.82) is 0 Å². The van der Waals surface area contributed by atoms with Crippen LogP contribution in [0.1, 0.15) is 92.5 Å². The number of hydrazine groups is 1. The van der Waals surface area contributed by atoms with Crippen LogP contribution in [0.2, 0.25) is 0 Å². The van der Waals surface area contributed by atoms with Gasteiger partial charge < -0.3 is 29.8 Å². The number of carbonyl (C=O) groups is 5. The van der Waals surface area contributed by atoms with E-state index in [1.165, 1.54) is 6.07 Å². The van der Waals surface area contributed by atoms with E-state index in [-0.39, 0.29) is 46.8 Å². The Kier molecular flexibility index (Phi) is 14.9. The highest BCUT2D eigenvalue weighted by Gasteiger charge is 2.32. The first-order chi connectivity index (χ1) is 31.1. The van der Waals surface area contributed by atoms with Gasteiger partial charge in [0.1, 0.15) is 11.7 Å². The van der Waals surface area contributed by atoms with Gasteiger partial charge in [-0.05, 0) is 98.0 Å². The number of piperazine rings is 2. The average molecular weight is 900 g/mol. The van der Waals surface area contributed by atoms with Crippen molar-refractivity contribution in [3.63, 3.8) is 0 Å². The molecule has 5 aliphatic rings. The maximum atomic E-state index is 15.1. The molecule has 3 aromatic rings. The average Bonchev–Trinajstić information content (AvgIpc) is 3.33. The number of amides is 5. The highest BCUT2D eigenvalue weighted by Crippen LogP contribution is 2.31. The van der Waals surface area contributed by atoms with Crippen molar-refractivity contribution in [2.75, 3.05) is 109 Å². The molecule has 3 N–H and O–H groups in total. The molecule has 0 radical (unpaired) electrons. The third-order valence-electron chi connectivity index (χ3n) is 13.7.